The van der Waals surface area contributed by atoms with Gasteiger partial charge in [0.15, 0.2) is 0 Å². The normalized spacial score (nSPS) is 14.4. The number of halogens is 1. The topological polar surface area (TPSA) is 104 Å². The number of rotatable bonds is 8. The molecule has 3 aromatic rings. The Morgan fingerprint density at radius 3 is 2.31 bits per heavy atom. The van der Waals surface area contributed by atoms with Crippen molar-refractivity contribution in [1.29, 1.82) is 0 Å². The number of aromatic carboxylic acids is 1. The second kappa shape index (κ2) is 10.7. The summed E-state index contributed by atoms with van der Waals surface area (Å²) in [6.07, 6.45) is 1.58. The van der Waals surface area contributed by atoms with E-state index in [9.17, 15) is 18.8 Å². The van der Waals surface area contributed by atoms with Gasteiger partial charge >= 0.3 is 11.9 Å². The molecule has 4 rings (SSSR count). The highest BCUT2D eigenvalue weighted by Gasteiger charge is 2.33. The molecular weight excluding hydrogens is 505 g/mol. The fourth-order valence-electron chi connectivity index (χ4n) is 3.43. The average molecular weight is 524 g/mol. The van der Waals surface area contributed by atoms with Crippen LogP contribution in [0.25, 0.3) is 17.2 Å². The molecule has 7 nitrogen and oxygen atoms in total. The fraction of sp³-hybridized carbons (Fsp3) is 0.0769. The number of ether oxygens (including phenoxy) is 1. The monoisotopic (exact) mass is 523 g/mol. The molecule has 10 heteroatoms. The summed E-state index contributed by atoms with van der Waals surface area (Å²) in [5.41, 5.74) is 2.93. The highest BCUT2D eigenvalue weighted by Crippen LogP contribution is 2.36. The SMILES string of the molecule is O=C(O)CN1C(=O)/C(=C/c2cc(-c3ccc(F)cc3)ccc2OCc2ccc(C(=O)O)cc2)SC1=S. The number of carboxylic acids is 2. The second-order valence-corrected chi connectivity index (χ2v) is 9.39. The molecule has 0 aliphatic carbocycles. The van der Waals surface area contributed by atoms with Crippen LogP contribution in [0.3, 0.4) is 0 Å². The van der Waals surface area contributed by atoms with E-state index in [4.69, 9.17) is 27.2 Å². The molecule has 1 amide bonds. The van der Waals surface area contributed by atoms with E-state index in [1.54, 1.807) is 48.5 Å². The summed E-state index contributed by atoms with van der Waals surface area (Å²) in [4.78, 5) is 36.2. The number of amides is 1. The molecule has 2 N–H and O–H groups in total. The zero-order valence-electron chi connectivity index (χ0n) is 18.5. The Labute approximate surface area is 214 Å². The van der Waals surface area contributed by atoms with Gasteiger partial charge in [-0.2, -0.15) is 0 Å². The number of benzene rings is 3. The molecule has 0 atom stereocenters. The van der Waals surface area contributed by atoms with Crippen molar-refractivity contribution in [3.63, 3.8) is 0 Å². The number of carboxylic acid groups (broad SMARTS) is 2. The molecule has 0 bridgehead atoms. The van der Waals surface area contributed by atoms with Crippen molar-refractivity contribution < 1.29 is 33.7 Å². The predicted octanol–water partition coefficient (Wildman–Crippen LogP) is 5.06. The summed E-state index contributed by atoms with van der Waals surface area (Å²) in [6.45, 7) is -0.399. The Bertz CT molecular complexity index is 1390. The van der Waals surface area contributed by atoms with Gasteiger partial charge in [0.1, 0.15) is 29.0 Å². The molecule has 36 heavy (non-hydrogen) atoms. The number of hydrogen-bond donors (Lipinski definition) is 2. The number of hydrogen-bond acceptors (Lipinski definition) is 6. The van der Waals surface area contributed by atoms with Crippen molar-refractivity contribution in [2.75, 3.05) is 6.54 Å². The minimum atomic E-state index is -1.18. The smallest absolute Gasteiger partial charge is 0.335 e. The molecule has 3 aromatic carbocycles. The summed E-state index contributed by atoms with van der Waals surface area (Å²) in [5.74, 6) is -2.65. The fourth-order valence-corrected chi connectivity index (χ4v) is 4.68. The number of nitrogens with zero attached hydrogens (tertiary/aromatic N) is 1. The third-order valence-electron chi connectivity index (χ3n) is 5.24. The van der Waals surface area contributed by atoms with Gasteiger partial charge in [-0.25, -0.2) is 9.18 Å². The van der Waals surface area contributed by atoms with Crippen molar-refractivity contribution in [3.8, 4) is 16.9 Å². The highest BCUT2D eigenvalue weighted by molar-refractivity contribution is 8.26. The molecule has 1 aliphatic heterocycles. The van der Waals surface area contributed by atoms with Crippen LogP contribution in [0.1, 0.15) is 21.5 Å². The van der Waals surface area contributed by atoms with E-state index in [0.717, 1.165) is 33.4 Å². The van der Waals surface area contributed by atoms with Crippen molar-refractivity contribution in [2.24, 2.45) is 0 Å². The molecule has 0 saturated carbocycles. The van der Waals surface area contributed by atoms with Crippen LogP contribution in [0.2, 0.25) is 0 Å². The Kier molecular flexibility index (Phi) is 7.47. The van der Waals surface area contributed by atoms with Gasteiger partial charge in [0.05, 0.1) is 10.5 Å². The number of thiocarbonyl (C=S) groups is 1. The van der Waals surface area contributed by atoms with E-state index in [1.165, 1.54) is 24.3 Å². The first-order chi connectivity index (χ1) is 17.2. The average Bonchev–Trinajstić information content (AvgIpc) is 3.11. The van der Waals surface area contributed by atoms with Crippen LogP contribution in [0, 0.1) is 5.82 Å². The summed E-state index contributed by atoms with van der Waals surface area (Å²) in [5, 5.41) is 18.1. The quantitative estimate of drug-likeness (QED) is 0.312. The molecule has 1 fully saturated rings. The summed E-state index contributed by atoms with van der Waals surface area (Å²) < 4.78 is 19.5. The summed E-state index contributed by atoms with van der Waals surface area (Å²) in [6, 6.07) is 17.5. The van der Waals surface area contributed by atoms with Gasteiger partial charge in [0.25, 0.3) is 5.91 Å². The second-order valence-electron chi connectivity index (χ2n) is 7.71. The predicted molar refractivity (Wildman–Crippen MR) is 137 cm³/mol. The largest absolute Gasteiger partial charge is 0.488 e. The lowest BCUT2D eigenvalue weighted by molar-refractivity contribution is -0.140. The highest BCUT2D eigenvalue weighted by atomic mass is 32.2. The van der Waals surface area contributed by atoms with E-state index in [2.05, 4.69) is 0 Å². The molecule has 1 heterocycles. The molecule has 1 aliphatic rings. The molecule has 0 spiro atoms. The zero-order valence-corrected chi connectivity index (χ0v) is 20.1. The molecule has 0 aromatic heterocycles. The maximum atomic E-state index is 13.4. The minimum Gasteiger partial charge on any atom is -0.488 e. The van der Waals surface area contributed by atoms with Crippen LogP contribution < -0.4 is 4.74 Å². The number of thioether (sulfide) groups is 1. The van der Waals surface area contributed by atoms with Crippen LogP contribution in [0.5, 0.6) is 5.75 Å². The Balaban J connectivity index is 1.66. The maximum absolute atomic E-state index is 13.4. The summed E-state index contributed by atoms with van der Waals surface area (Å²) in [7, 11) is 0. The van der Waals surface area contributed by atoms with E-state index in [-0.39, 0.29) is 27.2 Å². The van der Waals surface area contributed by atoms with Crippen molar-refractivity contribution >= 4 is 52.2 Å². The third-order valence-corrected chi connectivity index (χ3v) is 6.61. The van der Waals surface area contributed by atoms with E-state index < -0.39 is 24.4 Å². The number of carbonyl (C=O) groups is 3. The lowest BCUT2D eigenvalue weighted by Crippen LogP contribution is -2.33. The van der Waals surface area contributed by atoms with Gasteiger partial charge in [-0.3, -0.25) is 14.5 Å². The van der Waals surface area contributed by atoms with E-state index >= 15 is 0 Å². The van der Waals surface area contributed by atoms with Crippen molar-refractivity contribution in [2.45, 2.75) is 6.61 Å². The molecular formula is C26H18FNO6S2. The Hall–Kier alpha value is -4.02. The first-order valence-corrected chi connectivity index (χ1v) is 11.8. The van der Waals surface area contributed by atoms with Crippen LogP contribution in [-0.4, -0.2) is 43.8 Å². The van der Waals surface area contributed by atoms with E-state index in [0.29, 0.717) is 11.3 Å². The minimum absolute atomic E-state index is 0.136. The molecule has 0 unspecified atom stereocenters. The van der Waals surface area contributed by atoms with Crippen LogP contribution in [0.15, 0.2) is 71.6 Å². The van der Waals surface area contributed by atoms with Gasteiger partial charge < -0.3 is 14.9 Å². The maximum Gasteiger partial charge on any atom is 0.335 e. The first-order valence-electron chi connectivity index (χ1n) is 10.5. The van der Waals surface area contributed by atoms with Crippen LogP contribution >= 0.6 is 24.0 Å². The molecule has 0 radical (unpaired) electrons. The van der Waals surface area contributed by atoms with Gasteiger partial charge in [-0.1, -0.05) is 54.3 Å². The van der Waals surface area contributed by atoms with Gasteiger partial charge in [0.2, 0.25) is 0 Å². The van der Waals surface area contributed by atoms with Crippen molar-refractivity contribution in [1.82, 2.24) is 4.90 Å². The van der Waals surface area contributed by atoms with E-state index in [1.807, 2.05) is 0 Å². The van der Waals surface area contributed by atoms with Crippen molar-refractivity contribution in [3.05, 3.63) is 94.1 Å². The third kappa shape index (κ3) is 5.78. The first kappa shape index (κ1) is 25.1. The van der Waals surface area contributed by atoms with Crippen LogP contribution in [-0.2, 0) is 16.2 Å². The Morgan fingerprint density at radius 1 is 1.00 bits per heavy atom. The number of aliphatic carboxylic acids is 1. The lowest BCUT2D eigenvalue weighted by atomic mass is 10.0. The molecule has 1 saturated heterocycles. The Morgan fingerprint density at radius 2 is 1.67 bits per heavy atom. The van der Waals surface area contributed by atoms with Crippen LogP contribution in [0.4, 0.5) is 4.39 Å². The summed E-state index contributed by atoms with van der Waals surface area (Å²) >= 11 is 6.17. The molecule has 182 valence electrons. The zero-order chi connectivity index (χ0) is 25.8. The lowest BCUT2D eigenvalue weighted by Gasteiger charge is -2.13. The van der Waals surface area contributed by atoms with Gasteiger partial charge in [-0.15, -0.1) is 0 Å². The standard InChI is InChI=1S/C26H18FNO6S2/c27-20-8-5-16(6-9-20)18-7-10-21(34-14-15-1-3-17(4-2-15)25(32)33)19(11-18)12-22-24(31)28(13-23(29)30)26(35)36-22/h1-12H,13-14H2,(H,29,30)(H,32,33)/b22-12-. The van der Waals surface area contributed by atoms with Gasteiger partial charge in [-0.05, 0) is 59.2 Å². The number of carbonyl (C=O) groups excluding carboxylic acids is 1. The van der Waals surface area contributed by atoms with Gasteiger partial charge in [0, 0.05) is 5.56 Å².